The minimum Gasteiger partial charge on any atom is -0.392 e. The molecule has 3 aliphatic rings. The molecule has 0 amide bonds. The van der Waals surface area contributed by atoms with Gasteiger partial charge >= 0.3 is 0 Å². The number of hydrogen-bond acceptors (Lipinski definition) is 8. The summed E-state index contributed by atoms with van der Waals surface area (Å²) >= 11 is 0. The number of nitrogens with zero attached hydrogens (tertiary/aromatic N) is 1. The SMILES string of the molecule is CC1(C)CC[C@H](O)[C@@]2(C)[C@H]1[C@H](O)[C@H](O)[C@@]1(C)O[C@@](C)(CN=O)CC(=O)[C@@]21O. The van der Waals surface area contributed by atoms with E-state index in [4.69, 9.17) is 4.74 Å². The van der Waals surface area contributed by atoms with Crippen molar-refractivity contribution in [3.05, 3.63) is 4.91 Å². The molecule has 0 aromatic heterocycles. The van der Waals surface area contributed by atoms with E-state index in [0.29, 0.717) is 12.8 Å². The van der Waals surface area contributed by atoms with Gasteiger partial charge in [0.15, 0.2) is 11.4 Å². The van der Waals surface area contributed by atoms with Crippen LogP contribution in [0.5, 0.6) is 0 Å². The van der Waals surface area contributed by atoms with Crippen molar-refractivity contribution < 1.29 is 30.0 Å². The van der Waals surface area contributed by atoms with E-state index in [9.17, 15) is 30.1 Å². The van der Waals surface area contributed by atoms with E-state index in [0.717, 1.165) is 0 Å². The van der Waals surface area contributed by atoms with Crippen LogP contribution in [0.4, 0.5) is 0 Å². The predicted molar refractivity (Wildman–Crippen MR) is 95.8 cm³/mol. The first-order valence-corrected chi connectivity index (χ1v) is 9.50. The molecule has 2 saturated carbocycles. The number of ketones is 1. The van der Waals surface area contributed by atoms with Gasteiger partial charge in [0.1, 0.15) is 18.2 Å². The summed E-state index contributed by atoms with van der Waals surface area (Å²) in [6.07, 6.45) is -3.33. The number of aliphatic hydroxyl groups is 4. The average Bonchev–Trinajstić information content (AvgIpc) is 2.54. The quantitative estimate of drug-likeness (QED) is 0.509. The van der Waals surface area contributed by atoms with Crippen molar-refractivity contribution >= 4 is 5.78 Å². The molecule has 1 heterocycles. The Hall–Kier alpha value is -0.930. The van der Waals surface area contributed by atoms with Gasteiger partial charge in [-0.25, -0.2) is 0 Å². The van der Waals surface area contributed by atoms with Crippen molar-refractivity contribution in [2.45, 2.75) is 89.0 Å². The van der Waals surface area contributed by atoms with Crippen LogP contribution in [0.3, 0.4) is 0 Å². The minimum absolute atomic E-state index is 0.275. The van der Waals surface area contributed by atoms with E-state index < -0.39 is 57.6 Å². The summed E-state index contributed by atoms with van der Waals surface area (Å²) < 4.78 is 6.01. The zero-order valence-electron chi connectivity index (χ0n) is 16.6. The molecule has 27 heavy (non-hydrogen) atoms. The lowest BCUT2D eigenvalue weighted by Gasteiger charge is -2.71. The molecule has 0 unspecified atom stereocenters. The highest BCUT2D eigenvalue weighted by Crippen LogP contribution is 2.66. The van der Waals surface area contributed by atoms with Gasteiger partial charge in [0, 0.05) is 17.8 Å². The first kappa shape index (κ1) is 20.8. The Morgan fingerprint density at radius 2 is 1.74 bits per heavy atom. The number of ether oxygens (including phenoxy) is 1. The molecule has 4 N–H and O–H groups in total. The Morgan fingerprint density at radius 3 is 2.30 bits per heavy atom. The summed E-state index contributed by atoms with van der Waals surface area (Å²) in [7, 11) is 0. The first-order valence-electron chi connectivity index (χ1n) is 9.50. The van der Waals surface area contributed by atoms with Crippen molar-refractivity contribution in [3.8, 4) is 0 Å². The van der Waals surface area contributed by atoms with Gasteiger partial charge in [0.25, 0.3) is 0 Å². The van der Waals surface area contributed by atoms with Crippen LogP contribution >= 0.6 is 0 Å². The average molecular weight is 385 g/mol. The maximum atomic E-state index is 13.3. The minimum atomic E-state index is -2.23. The lowest BCUT2D eigenvalue weighted by Crippen LogP contribution is -2.86. The molecule has 3 rings (SSSR count). The number of hydrogen-bond donors (Lipinski definition) is 4. The van der Waals surface area contributed by atoms with Gasteiger partial charge in [-0.3, -0.25) is 4.79 Å². The van der Waals surface area contributed by atoms with Crippen molar-refractivity contribution in [1.29, 1.82) is 0 Å². The Kier molecular flexibility index (Phi) is 4.46. The standard InChI is InChI=1S/C19H31NO7/c1-15(2)7-6-10(21)17(4)13(15)12(23)14(24)18(5)19(17,25)11(22)8-16(3,27-18)9-20-26/h10,12-14,21,23-25H,6-9H2,1-5H3/t10-,12-,13-,14-,16+,17-,18+,19+/m0/s1. The molecule has 0 radical (unpaired) electrons. The third-order valence-corrected chi connectivity index (χ3v) is 7.77. The molecule has 3 fully saturated rings. The number of rotatable bonds is 2. The van der Waals surface area contributed by atoms with Gasteiger partial charge in [-0.1, -0.05) is 25.9 Å². The maximum Gasteiger partial charge on any atom is 0.171 e. The van der Waals surface area contributed by atoms with Gasteiger partial charge in [0.05, 0.1) is 17.8 Å². The zero-order chi connectivity index (χ0) is 20.6. The molecule has 2 aliphatic carbocycles. The second-order valence-electron chi connectivity index (χ2n) is 10.00. The van der Waals surface area contributed by atoms with E-state index in [1.54, 1.807) is 6.92 Å². The highest BCUT2D eigenvalue weighted by Gasteiger charge is 2.80. The van der Waals surface area contributed by atoms with Crippen LogP contribution in [0.2, 0.25) is 0 Å². The second kappa shape index (κ2) is 5.79. The fourth-order valence-electron chi connectivity index (χ4n) is 6.47. The van der Waals surface area contributed by atoms with Gasteiger partial charge < -0.3 is 25.2 Å². The van der Waals surface area contributed by atoms with Gasteiger partial charge in [0.2, 0.25) is 0 Å². The van der Waals surface area contributed by atoms with Crippen molar-refractivity contribution in [3.63, 3.8) is 0 Å². The lowest BCUT2D eigenvalue weighted by atomic mass is 9.40. The van der Waals surface area contributed by atoms with Crippen LogP contribution < -0.4 is 0 Å². The monoisotopic (exact) mass is 385 g/mol. The van der Waals surface area contributed by atoms with Crippen LogP contribution in [0.1, 0.15) is 53.9 Å². The summed E-state index contributed by atoms with van der Waals surface area (Å²) in [6.45, 7) is 7.96. The molecule has 0 bridgehead atoms. The molecule has 0 aromatic rings. The van der Waals surface area contributed by atoms with Crippen LogP contribution in [-0.4, -0.2) is 67.9 Å². The van der Waals surface area contributed by atoms with Crippen LogP contribution in [0.15, 0.2) is 5.18 Å². The molecule has 0 aromatic carbocycles. The van der Waals surface area contributed by atoms with Crippen LogP contribution in [-0.2, 0) is 9.53 Å². The number of carbonyl (C=O) groups is 1. The topological polar surface area (TPSA) is 137 Å². The van der Waals surface area contributed by atoms with Crippen molar-refractivity contribution in [1.82, 2.24) is 0 Å². The van der Waals surface area contributed by atoms with E-state index >= 15 is 0 Å². The number of nitroso groups, excluding NO2 is 1. The molecule has 1 aliphatic heterocycles. The molecular weight excluding hydrogens is 354 g/mol. The van der Waals surface area contributed by atoms with E-state index in [2.05, 4.69) is 5.18 Å². The van der Waals surface area contributed by atoms with E-state index in [1.165, 1.54) is 13.8 Å². The van der Waals surface area contributed by atoms with Gasteiger partial charge in [-0.15, -0.1) is 0 Å². The number of carbonyl (C=O) groups excluding carboxylic acids is 1. The molecule has 8 atom stereocenters. The van der Waals surface area contributed by atoms with Crippen LogP contribution in [0, 0.1) is 21.7 Å². The fourth-order valence-corrected chi connectivity index (χ4v) is 6.47. The molecule has 8 nitrogen and oxygen atoms in total. The highest BCUT2D eigenvalue weighted by atomic mass is 16.6. The fraction of sp³-hybridized carbons (Fsp3) is 0.947. The highest BCUT2D eigenvalue weighted by molar-refractivity contribution is 5.92. The Bertz CT molecular complexity index is 668. The molecular formula is C19H31NO7. The summed E-state index contributed by atoms with van der Waals surface area (Å²) in [4.78, 5) is 24.2. The van der Waals surface area contributed by atoms with E-state index in [1.807, 2.05) is 13.8 Å². The summed E-state index contributed by atoms with van der Waals surface area (Å²) in [5.74, 6) is -1.35. The summed E-state index contributed by atoms with van der Waals surface area (Å²) in [5, 5.41) is 47.7. The molecule has 154 valence electrons. The third-order valence-electron chi connectivity index (χ3n) is 7.77. The lowest BCUT2D eigenvalue weighted by molar-refractivity contribution is -0.373. The molecule has 0 spiro atoms. The van der Waals surface area contributed by atoms with E-state index in [-0.39, 0.29) is 13.0 Å². The Labute approximate surface area is 158 Å². The Morgan fingerprint density at radius 1 is 1.15 bits per heavy atom. The van der Waals surface area contributed by atoms with Crippen LogP contribution in [0.25, 0.3) is 0 Å². The second-order valence-corrected chi connectivity index (χ2v) is 10.00. The van der Waals surface area contributed by atoms with Gasteiger partial charge in [-0.05, 0) is 32.1 Å². The maximum absolute atomic E-state index is 13.3. The normalized spacial score (nSPS) is 54.8. The van der Waals surface area contributed by atoms with Gasteiger partial charge in [-0.2, -0.15) is 4.91 Å². The third kappa shape index (κ3) is 2.31. The zero-order valence-corrected chi connectivity index (χ0v) is 16.6. The smallest absolute Gasteiger partial charge is 0.171 e. The molecule has 1 saturated heterocycles. The predicted octanol–water partition coefficient (Wildman–Crippen LogP) is 0.530. The largest absolute Gasteiger partial charge is 0.392 e. The first-order chi connectivity index (χ1) is 12.2. The number of aliphatic hydroxyl groups excluding tert-OH is 3. The van der Waals surface area contributed by atoms with Crippen molar-refractivity contribution in [2.24, 2.45) is 21.9 Å². The summed E-state index contributed by atoms with van der Waals surface area (Å²) in [5.41, 5.74) is -7.41. The molecule has 8 heteroatoms. The Balaban J connectivity index is 2.25. The summed E-state index contributed by atoms with van der Waals surface area (Å²) in [6, 6.07) is 0. The number of Topliss-reactive ketones (excluding diaryl/α,β-unsaturated/α-hetero) is 1. The van der Waals surface area contributed by atoms with Crippen molar-refractivity contribution in [2.75, 3.05) is 6.54 Å². The number of fused-ring (bicyclic) bond motifs is 3.